The zero-order valence-corrected chi connectivity index (χ0v) is 16.1. The van der Waals surface area contributed by atoms with Gasteiger partial charge in [-0.05, 0) is 48.1 Å². The summed E-state index contributed by atoms with van der Waals surface area (Å²) < 4.78 is 11.4. The molecule has 4 heteroatoms. The van der Waals surface area contributed by atoms with Crippen LogP contribution in [0.3, 0.4) is 0 Å². The predicted molar refractivity (Wildman–Crippen MR) is 107 cm³/mol. The van der Waals surface area contributed by atoms with Gasteiger partial charge in [0, 0.05) is 31.3 Å². The van der Waals surface area contributed by atoms with E-state index in [1.54, 1.807) is 14.2 Å². The summed E-state index contributed by atoms with van der Waals surface area (Å²) in [6.45, 7) is 7.25. The second-order valence-corrected chi connectivity index (χ2v) is 7.14. The number of rotatable bonds is 7. The van der Waals surface area contributed by atoms with E-state index in [1.807, 2.05) is 18.3 Å². The summed E-state index contributed by atoms with van der Waals surface area (Å²) in [4.78, 5) is 4.50. The maximum atomic E-state index is 6.00. The molecule has 1 saturated heterocycles. The molecule has 1 aliphatic rings. The van der Waals surface area contributed by atoms with E-state index < -0.39 is 0 Å². The smallest absolute Gasteiger partial charge is 0.119 e. The molecule has 3 rings (SSSR count). The van der Waals surface area contributed by atoms with Gasteiger partial charge >= 0.3 is 0 Å². The van der Waals surface area contributed by atoms with Gasteiger partial charge in [0.25, 0.3) is 0 Å². The van der Waals surface area contributed by atoms with Crippen molar-refractivity contribution in [3.63, 3.8) is 0 Å². The Kier molecular flexibility index (Phi) is 6.28. The van der Waals surface area contributed by atoms with Gasteiger partial charge < -0.3 is 14.8 Å². The highest BCUT2D eigenvalue weighted by molar-refractivity contribution is 5.84. The van der Waals surface area contributed by atoms with Crippen molar-refractivity contribution in [2.24, 2.45) is 11.8 Å². The Morgan fingerprint density at radius 3 is 2.88 bits per heavy atom. The van der Waals surface area contributed by atoms with Crippen LogP contribution < -0.4 is 10.1 Å². The van der Waals surface area contributed by atoms with Crippen molar-refractivity contribution >= 4 is 10.9 Å². The second-order valence-electron chi connectivity index (χ2n) is 7.14. The Morgan fingerprint density at radius 1 is 1.35 bits per heavy atom. The van der Waals surface area contributed by atoms with E-state index in [1.165, 1.54) is 18.4 Å². The van der Waals surface area contributed by atoms with Crippen molar-refractivity contribution in [1.82, 2.24) is 10.3 Å². The van der Waals surface area contributed by atoms with Crippen molar-refractivity contribution in [1.29, 1.82) is 0 Å². The number of fused-ring (bicyclic) bond motifs is 1. The molecule has 0 spiro atoms. The predicted octanol–water partition coefficient (Wildman–Crippen LogP) is 4.51. The maximum absolute atomic E-state index is 6.00. The van der Waals surface area contributed by atoms with Gasteiger partial charge in [-0.2, -0.15) is 0 Å². The third-order valence-corrected chi connectivity index (χ3v) is 5.65. The van der Waals surface area contributed by atoms with Crippen LogP contribution >= 0.6 is 0 Å². The van der Waals surface area contributed by atoms with Crippen molar-refractivity contribution < 1.29 is 9.47 Å². The van der Waals surface area contributed by atoms with Crippen LogP contribution in [0.1, 0.15) is 37.9 Å². The summed E-state index contributed by atoms with van der Waals surface area (Å²) in [5, 5.41) is 4.80. The minimum absolute atomic E-state index is 0.0160. The molecule has 1 N–H and O–H groups in total. The van der Waals surface area contributed by atoms with Crippen LogP contribution in [0.2, 0.25) is 0 Å². The third-order valence-electron chi connectivity index (χ3n) is 5.65. The summed E-state index contributed by atoms with van der Waals surface area (Å²) in [6.07, 6.45) is 7.49. The number of pyridine rings is 1. The first-order chi connectivity index (χ1) is 12.7. The van der Waals surface area contributed by atoms with Gasteiger partial charge in [0.1, 0.15) is 5.75 Å². The molecule has 0 aliphatic carbocycles. The molecule has 0 radical (unpaired) electrons. The molecule has 0 bridgehead atoms. The fourth-order valence-corrected chi connectivity index (χ4v) is 4.28. The quantitative estimate of drug-likeness (QED) is 0.743. The largest absolute Gasteiger partial charge is 0.497 e. The Bertz CT molecular complexity index is 746. The molecular formula is C22H30N2O2. The van der Waals surface area contributed by atoms with Crippen LogP contribution in [0.5, 0.6) is 5.75 Å². The van der Waals surface area contributed by atoms with Crippen molar-refractivity contribution in [2.75, 3.05) is 20.8 Å². The van der Waals surface area contributed by atoms with Gasteiger partial charge in [-0.1, -0.05) is 25.8 Å². The number of methoxy groups -OCH3 is 2. The third kappa shape index (κ3) is 3.76. The minimum Gasteiger partial charge on any atom is -0.497 e. The highest BCUT2D eigenvalue weighted by Crippen LogP contribution is 2.36. The van der Waals surface area contributed by atoms with Crippen LogP contribution in [0.4, 0.5) is 0 Å². The Labute approximate surface area is 156 Å². The fraction of sp³-hybridized carbons (Fsp3) is 0.500. The molecule has 1 fully saturated rings. The normalized spacial score (nSPS) is 24.3. The molecule has 4 nitrogen and oxygen atoms in total. The first-order valence-electron chi connectivity index (χ1n) is 9.53. The van der Waals surface area contributed by atoms with Crippen molar-refractivity contribution in [3.8, 4) is 5.75 Å². The topological polar surface area (TPSA) is 43.4 Å². The van der Waals surface area contributed by atoms with E-state index >= 15 is 0 Å². The average Bonchev–Trinajstić information content (AvgIpc) is 2.69. The average molecular weight is 354 g/mol. The van der Waals surface area contributed by atoms with Crippen molar-refractivity contribution in [3.05, 3.63) is 48.7 Å². The molecule has 1 aromatic carbocycles. The molecule has 26 heavy (non-hydrogen) atoms. The highest BCUT2D eigenvalue weighted by atomic mass is 16.5. The molecule has 1 aromatic heterocycles. The minimum atomic E-state index is -0.0160. The van der Waals surface area contributed by atoms with Gasteiger partial charge in [0.15, 0.2) is 0 Å². The summed E-state index contributed by atoms with van der Waals surface area (Å²) >= 11 is 0. The molecule has 3 unspecified atom stereocenters. The van der Waals surface area contributed by atoms with E-state index in [9.17, 15) is 0 Å². The number of benzene rings is 1. The standard InChI is InChI=1S/C22H30N2O2/c1-5-7-16-12-21(24-14-15(16)6-2)22(26-4)18-10-11-23-20-9-8-17(25-3)13-19(18)20/h6,8-11,13,15-16,21-22,24H,2,5,7,12,14H2,1,3-4H3/t15?,16?,21?,22-/m1/s1. The second kappa shape index (κ2) is 8.65. The van der Waals surface area contributed by atoms with Gasteiger partial charge in [-0.15, -0.1) is 6.58 Å². The lowest BCUT2D eigenvalue weighted by molar-refractivity contribution is 0.0424. The summed E-state index contributed by atoms with van der Waals surface area (Å²) in [5.41, 5.74) is 2.14. The maximum Gasteiger partial charge on any atom is 0.119 e. The van der Waals surface area contributed by atoms with E-state index in [-0.39, 0.29) is 12.1 Å². The number of hydrogen-bond donors (Lipinski definition) is 1. The van der Waals surface area contributed by atoms with E-state index in [0.29, 0.717) is 11.8 Å². The number of ether oxygens (including phenoxy) is 2. The number of aromatic nitrogens is 1. The number of piperidine rings is 1. The number of nitrogens with zero attached hydrogens (tertiary/aromatic N) is 1. The van der Waals surface area contributed by atoms with Crippen LogP contribution in [-0.4, -0.2) is 31.8 Å². The molecule has 140 valence electrons. The lowest BCUT2D eigenvalue weighted by Crippen LogP contribution is -2.46. The van der Waals surface area contributed by atoms with Crippen LogP contribution in [-0.2, 0) is 4.74 Å². The van der Waals surface area contributed by atoms with E-state index in [2.05, 4.69) is 42.0 Å². The molecule has 0 saturated carbocycles. The van der Waals surface area contributed by atoms with Crippen LogP contribution in [0.15, 0.2) is 43.1 Å². The van der Waals surface area contributed by atoms with Crippen LogP contribution in [0, 0.1) is 11.8 Å². The monoisotopic (exact) mass is 354 g/mol. The summed E-state index contributed by atoms with van der Waals surface area (Å²) in [5.74, 6) is 2.04. The zero-order chi connectivity index (χ0) is 18.5. The fourth-order valence-electron chi connectivity index (χ4n) is 4.28. The Balaban J connectivity index is 1.93. The SMILES string of the molecule is C=CC1CNC([C@H](OC)c2ccnc3ccc(OC)cc23)CC1CCC. The number of hydrogen-bond acceptors (Lipinski definition) is 4. The van der Waals surface area contributed by atoms with Crippen molar-refractivity contribution in [2.45, 2.75) is 38.3 Å². The van der Waals surface area contributed by atoms with E-state index in [4.69, 9.17) is 9.47 Å². The summed E-state index contributed by atoms with van der Waals surface area (Å²) in [7, 11) is 3.49. The van der Waals surface area contributed by atoms with Gasteiger partial charge in [0.05, 0.1) is 18.7 Å². The van der Waals surface area contributed by atoms with E-state index in [0.717, 1.165) is 29.6 Å². The lowest BCUT2D eigenvalue weighted by atomic mass is 9.78. The first kappa shape index (κ1) is 18.9. The highest BCUT2D eigenvalue weighted by Gasteiger charge is 2.33. The molecular weight excluding hydrogens is 324 g/mol. The molecule has 2 heterocycles. The van der Waals surface area contributed by atoms with Gasteiger partial charge in [-0.25, -0.2) is 0 Å². The Hall–Kier alpha value is -1.91. The first-order valence-corrected chi connectivity index (χ1v) is 9.53. The van der Waals surface area contributed by atoms with Crippen LogP contribution in [0.25, 0.3) is 10.9 Å². The molecule has 4 atom stereocenters. The molecule has 0 amide bonds. The lowest BCUT2D eigenvalue weighted by Gasteiger charge is -2.39. The van der Waals surface area contributed by atoms with Gasteiger partial charge in [0.2, 0.25) is 0 Å². The Morgan fingerprint density at radius 2 is 2.19 bits per heavy atom. The van der Waals surface area contributed by atoms with Gasteiger partial charge in [-0.3, -0.25) is 4.98 Å². The number of nitrogens with one attached hydrogen (secondary N) is 1. The zero-order valence-electron chi connectivity index (χ0n) is 16.1. The molecule has 2 aromatic rings. The summed E-state index contributed by atoms with van der Waals surface area (Å²) in [6, 6.07) is 8.37. The molecule has 1 aliphatic heterocycles.